The zero-order valence-corrected chi connectivity index (χ0v) is 20.0. The van der Waals surface area contributed by atoms with Crippen LogP contribution in [0, 0.1) is 0 Å². The topological polar surface area (TPSA) is 63.2 Å². The fourth-order valence-corrected chi connectivity index (χ4v) is 3.05. The Bertz CT molecular complexity index is 602. The average Bonchev–Trinajstić information content (AvgIpc) is 2.65. The molecule has 0 bridgehead atoms. The van der Waals surface area contributed by atoms with Gasteiger partial charge in [-0.3, -0.25) is 4.79 Å². The zero-order valence-electron chi connectivity index (χ0n) is 17.7. The van der Waals surface area contributed by atoms with Crippen molar-refractivity contribution in [3.8, 4) is 0 Å². The number of hydrogen-bond donors (Lipinski definition) is 1. The number of nitrogens with one attached hydrogen (secondary N) is 1. The summed E-state index contributed by atoms with van der Waals surface area (Å²) in [5, 5.41) is 2.95. The van der Waals surface area contributed by atoms with Gasteiger partial charge >= 0.3 is 8.26 Å². The number of para-hydroxylation sites is 1. The molecule has 1 rings (SSSR count). The molecule has 0 aliphatic rings. The van der Waals surface area contributed by atoms with Gasteiger partial charge in [0.25, 0.3) is 0 Å². The molecule has 168 valence electrons. The van der Waals surface area contributed by atoms with Gasteiger partial charge < -0.3 is 5.32 Å². The molecule has 0 spiro atoms. The van der Waals surface area contributed by atoms with Crippen molar-refractivity contribution in [3.63, 3.8) is 0 Å². The maximum atomic E-state index is 11.8. The molecule has 29 heavy (non-hydrogen) atoms. The van der Waals surface area contributed by atoms with Gasteiger partial charge in [0, 0.05) is 33.5 Å². The highest BCUT2D eigenvalue weighted by atomic mass is 36.0. The van der Waals surface area contributed by atoms with Crippen molar-refractivity contribution in [2.75, 3.05) is 5.32 Å². The molecule has 0 aliphatic carbocycles. The number of carbonyl (C=O) groups excluding carboxylic acids is 1. The molecule has 1 aromatic rings. The number of carbonyl (C=O) groups is 1. The Morgan fingerprint density at radius 1 is 0.759 bits per heavy atom. The maximum absolute atomic E-state index is 11.8. The smallest absolute Gasteiger partial charge is 0.317 e. The van der Waals surface area contributed by atoms with Crippen LogP contribution in [0.15, 0.2) is 30.3 Å². The van der Waals surface area contributed by atoms with E-state index in [1.165, 1.54) is 77.0 Å². The summed E-state index contributed by atoms with van der Waals surface area (Å²) in [5.74, 6) is 0.143. The largest absolute Gasteiger partial charge is 0.326 e. The van der Waals surface area contributed by atoms with Crippen LogP contribution < -0.4 is 5.32 Å². The molecule has 0 unspecified atom stereocenters. The molecule has 0 heterocycles. The number of halogens is 2. The molecule has 0 atom stereocenters. The van der Waals surface area contributed by atoms with Crippen molar-refractivity contribution in [1.82, 2.24) is 0 Å². The number of amides is 1. The van der Waals surface area contributed by atoms with Crippen molar-refractivity contribution in [2.24, 2.45) is 0 Å². The first-order valence-electron chi connectivity index (χ1n) is 10.8. The average molecular weight is 467 g/mol. The lowest BCUT2D eigenvalue weighted by Crippen LogP contribution is -2.10. The third kappa shape index (κ3) is 25.2. The van der Waals surface area contributed by atoms with E-state index in [1.807, 2.05) is 30.3 Å². The second-order valence-corrected chi connectivity index (χ2v) is 11.0. The first kappa shape index (κ1) is 28.2. The summed E-state index contributed by atoms with van der Waals surface area (Å²) < 4.78 is 18.3. The van der Waals surface area contributed by atoms with Gasteiger partial charge in [-0.15, -0.1) is 0 Å². The van der Waals surface area contributed by atoms with E-state index >= 15 is 0 Å². The quantitative estimate of drug-likeness (QED) is 0.212. The molecule has 0 aliphatic heterocycles. The molecule has 0 fully saturated rings. The normalized spacial score (nSPS) is 10.9. The summed E-state index contributed by atoms with van der Waals surface area (Å²) in [6, 6.07) is 9.72. The lowest BCUT2D eigenvalue weighted by molar-refractivity contribution is -0.116. The minimum Gasteiger partial charge on any atom is -0.326 e. The van der Waals surface area contributed by atoms with E-state index in [-0.39, 0.29) is 5.91 Å². The molecule has 1 amide bonds. The fourth-order valence-electron chi connectivity index (χ4n) is 3.05. The van der Waals surface area contributed by atoms with Gasteiger partial charge in [-0.2, -0.15) is 8.42 Å². The first-order valence-corrected chi connectivity index (χ1v) is 14.0. The highest BCUT2D eigenvalue weighted by Crippen LogP contribution is 2.13. The van der Waals surface area contributed by atoms with E-state index < -0.39 is 8.26 Å². The monoisotopic (exact) mass is 465 g/mol. The Morgan fingerprint density at radius 2 is 1.14 bits per heavy atom. The minimum atomic E-state index is -3.72. The number of benzene rings is 1. The lowest BCUT2D eigenvalue weighted by Gasteiger charge is -2.05. The summed E-state index contributed by atoms with van der Waals surface area (Å²) >= 11 is 0. The molecule has 1 aromatic carbocycles. The van der Waals surface area contributed by atoms with Crippen LogP contribution in [0.2, 0.25) is 0 Å². The molecular weight excluding hydrogens is 429 g/mol. The van der Waals surface area contributed by atoms with Crippen LogP contribution in [0.25, 0.3) is 0 Å². The van der Waals surface area contributed by atoms with Crippen molar-refractivity contribution in [2.45, 2.75) is 96.8 Å². The van der Waals surface area contributed by atoms with E-state index in [0.29, 0.717) is 6.42 Å². The van der Waals surface area contributed by atoms with Crippen LogP contribution in [-0.2, 0) is 13.1 Å². The van der Waals surface area contributed by atoms with E-state index in [9.17, 15) is 4.79 Å². The molecule has 0 saturated carbocycles. The Morgan fingerprint density at radius 3 is 1.55 bits per heavy atom. The van der Waals surface area contributed by atoms with Crippen molar-refractivity contribution < 1.29 is 13.2 Å². The van der Waals surface area contributed by atoms with E-state index in [0.717, 1.165) is 12.1 Å². The minimum absolute atomic E-state index is 0.143. The van der Waals surface area contributed by atoms with Gasteiger partial charge in [-0.05, 0) is 18.6 Å². The van der Waals surface area contributed by atoms with Crippen LogP contribution >= 0.6 is 21.4 Å². The van der Waals surface area contributed by atoms with Crippen LogP contribution in [0.4, 0.5) is 5.69 Å². The van der Waals surface area contributed by atoms with Crippen molar-refractivity contribution in [1.29, 1.82) is 0 Å². The fraction of sp³-hybridized carbons (Fsp3) is 0.682. The Balaban J connectivity index is 0.00000139. The molecule has 0 aromatic heterocycles. The summed E-state index contributed by atoms with van der Waals surface area (Å²) in [7, 11) is 4.81. The lowest BCUT2D eigenvalue weighted by atomic mass is 10.0. The Kier molecular flexibility index (Phi) is 18.7. The van der Waals surface area contributed by atoms with Crippen molar-refractivity contribution >= 4 is 41.2 Å². The van der Waals surface area contributed by atoms with Crippen LogP contribution in [0.5, 0.6) is 0 Å². The number of rotatable bonds is 15. The Hall–Kier alpha value is -0.780. The third-order valence-electron chi connectivity index (χ3n) is 4.56. The zero-order chi connectivity index (χ0) is 21.8. The van der Waals surface area contributed by atoms with E-state index in [1.54, 1.807) is 0 Å². The predicted molar refractivity (Wildman–Crippen MR) is 126 cm³/mol. The second kappa shape index (κ2) is 19.2. The van der Waals surface area contributed by atoms with Gasteiger partial charge in [0.05, 0.1) is 0 Å². The molecule has 1 N–H and O–H groups in total. The predicted octanol–water partition coefficient (Wildman–Crippen LogP) is 7.82. The van der Waals surface area contributed by atoms with E-state index in [2.05, 4.69) is 33.6 Å². The van der Waals surface area contributed by atoms with Gasteiger partial charge in [0.1, 0.15) is 0 Å². The van der Waals surface area contributed by atoms with Gasteiger partial charge in [0.15, 0.2) is 0 Å². The van der Waals surface area contributed by atoms with Gasteiger partial charge in [-0.25, -0.2) is 0 Å². The van der Waals surface area contributed by atoms with Gasteiger partial charge in [-0.1, -0.05) is 102 Å². The number of anilines is 1. The highest BCUT2D eigenvalue weighted by Gasteiger charge is 2.01. The number of hydrogen-bond acceptors (Lipinski definition) is 3. The summed E-state index contributed by atoms with van der Waals surface area (Å²) in [4.78, 5) is 11.8. The molecule has 0 radical (unpaired) electrons. The highest BCUT2D eigenvalue weighted by molar-refractivity contribution is 8.31. The molecule has 4 nitrogen and oxygen atoms in total. The molecule has 0 saturated heterocycles. The van der Waals surface area contributed by atoms with Crippen molar-refractivity contribution in [3.05, 3.63) is 30.3 Å². The summed E-state index contributed by atoms with van der Waals surface area (Å²) in [5.41, 5.74) is 0.900. The summed E-state index contributed by atoms with van der Waals surface area (Å²) in [6.45, 7) is 2.27. The van der Waals surface area contributed by atoms with Crippen LogP contribution in [0.3, 0.4) is 0 Å². The molecular formula is C22H37Cl2NO3S. The Labute approximate surface area is 186 Å². The van der Waals surface area contributed by atoms with Crippen LogP contribution in [0.1, 0.15) is 96.8 Å². The van der Waals surface area contributed by atoms with E-state index in [4.69, 9.17) is 8.42 Å². The number of unbranched alkanes of at least 4 members (excludes halogenated alkanes) is 12. The van der Waals surface area contributed by atoms with Crippen LogP contribution in [-0.4, -0.2) is 14.3 Å². The first-order chi connectivity index (χ1) is 13.8. The SMILES string of the molecule is CCCCCCCCCCCCCCCC(=O)Nc1ccccc1.O=S(=O)(Cl)Cl. The molecule has 7 heteroatoms. The second-order valence-electron chi connectivity index (χ2n) is 7.29. The third-order valence-corrected chi connectivity index (χ3v) is 4.56. The standard InChI is InChI=1S/C22H37NO.Cl2O2S/c1-2-3-4-5-6-7-8-9-10-11-12-13-17-20-22(24)23-21-18-15-14-16-19-21;1-5(2,3)4/h14-16,18-19H,2-13,17,20H2,1H3,(H,23,24);. The van der Waals surface area contributed by atoms with Gasteiger partial charge in [0.2, 0.25) is 5.91 Å². The summed E-state index contributed by atoms with van der Waals surface area (Å²) in [6.07, 6.45) is 18.1. The maximum Gasteiger partial charge on any atom is 0.317 e.